The van der Waals surface area contributed by atoms with Crippen LogP contribution in [0.3, 0.4) is 0 Å². The number of rotatable bonds is 6. The molecule has 9 heteroatoms. The second-order valence-corrected chi connectivity index (χ2v) is 7.72. The van der Waals surface area contributed by atoms with Crippen molar-refractivity contribution in [3.63, 3.8) is 0 Å². The molecule has 1 aliphatic heterocycles. The molecule has 2 amide bonds. The normalized spacial score (nSPS) is 13.9. The summed E-state index contributed by atoms with van der Waals surface area (Å²) in [5, 5.41) is 2.88. The van der Waals surface area contributed by atoms with E-state index < -0.39 is 11.7 Å². The molecular formula is C19H21FIN5O2. The zero-order valence-electron chi connectivity index (χ0n) is 15.2. The lowest BCUT2D eigenvalue weighted by Gasteiger charge is -2.15. The molecule has 1 aliphatic rings. The molecule has 0 unspecified atom stereocenters. The number of nitrogens with zero attached hydrogens (tertiary/aromatic N) is 2. The van der Waals surface area contributed by atoms with Crippen LogP contribution in [0.5, 0.6) is 0 Å². The molecule has 1 fully saturated rings. The van der Waals surface area contributed by atoms with Gasteiger partial charge in [0.1, 0.15) is 5.82 Å². The summed E-state index contributed by atoms with van der Waals surface area (Å²) in [6, 6.07) is 6.23. The van der Waals surface area contributed by atoms with E-state index in [0.717, 1.165) is 29.5 Å². The number of benzene rings is 1. The molecule has 148 valence electrons. The first-order valence-electron chi connectivity index (χ1n) is 9.00. The number of carbonyl (C=O) groups excluding carboxylic acids is 2. The highest BCUT2D eigenvalue weighted by atomic mass is 127. The number of hydrogen-bond donors (Lipinski definition) is 3. The van der Waals surface area contributed by atoms with Gasteiger partial charge in [-0.1, -0.05) is 0 Å². The fraction of sp³-hybridized carbons (Fsp3) is 0.316. The first-order chi connectivity index (χ1) is 13.5. The number of hydrogen-bond acceptors (Lipinski definition) is 5. The first kappa shape index (κ1) is 20.5. The van der Waals surface area contributed by atoms with E-state index in [4.69, 9.17) is 0 Å². The minimum absolute atomic E-state index is 0.233. The number of amides is 2. The number of halogens is 2. The van der Waals surface area contributed by atoms with Gasteiger partial charge in [0.2, 0.25) is 5.91 Å². The highest BCUT2D eigenvalue weighted by Crippen LogP contribution is 2.23. The molecule has 0 saturated carbocycles. The van der Waals surface area contributed by atoms with Crippen LogP contribution in [0.15, 0.2) is 36.7 Å². The Balaban J connectivity index is 1.58. The van der Waals surface area contributed by atoms with Gasteiger partial charge in [0.25, 0.3) is 5.91 Å². The van der Waals surface area contributed by atoms with Crippen molar-refractivity contribution in [3.8, 4) is 0 Å². The van der Waals surface area contributed by atoms with Gasteiger partial charge in [-0.05, 0) is 72.8 Å². The van der Waals surface area contributed by atoms with Crippen molar-refractivity contribution >= 4 is 45.8 Å². The standard InChI is InChI=1S/C19H21FIN5O2/c20-15-11-13(21)3-4-16(15)23-17-12-22-7-5-14(17)19(28)25-24-18(27)6-10-26-8-1-2-9-26/h3-5,7,11-12,23H,1-2,6,8-10H2,(H,24,27)(H,25,28). The number of nitrogens with one attached hydrogen (secondary N) is 3. The van der Waals surface area contributed by atoms with Crippen LogP contribution in [0.25, 0.3) is 0 Å². The van der Waals surface area contributed by atoms with Gasteiger partial charge in [-0.3, -0.25) is 25.4 Å². The smallest absolute Gasteiger partial charge is 0.271 e. The minimum atomic E-state index is -0.509. The summed E-state index contributed by atoms with van der Waals surface area (Å²) in [7, 11) is 0. The zero-order chi connectivity index (χ0) is 19.9. The first-order valence-corrected chi connectivity index (χ1v) is 10.1. The maximum atomic E-state index is 14.1. The van der Waals surface area contributed by atoms with Crippen LogP contribution in [0, 0.1) is 9.39 Å². The molecule has 2 heterocycles. The summed E-state index contributed by atoms with van der Waals surface area (Å²) in [5.74, 6) is -1.20. The molecule has 0 atom stereocenters. The summed E-state index contributed by atoms with van der Waals surface area (Å²) in [6.07, 6.45) is 5.53. The Morgan fingerprint density at radius 2 is 1.93 bits per heavy atom. The molecular weight excluding hydrogens is 476 g/mol. The van der Waals surface area contributed by atoms with Crippen LogP contribution < -0.4 is 16.2 Å². The number of likely N-dealkylation sites (tertiary alicyclic amines) is 1. The summed E-state index contributed by atoms with van der Waals surface area (Å²) >= 11 is 2.02. The zero-order valence-corrected chi connectivity index (χ0v) is 17.3. The van der Waals surface area contributed by atoms with Gasteiger partial charge >= 0.3 is 0 Å². The van der Waals surface area contributed by atoms with Gasteiger partial charge in [0.15, 0.2) is 0 Å². The Labute approximate surface area is 176 Å². The van der Waals surface area contributed by atoms with Crippen molar-refractivity contribution < 1.29 is 14.0 Å². The monoisotopic (exact) mass is 497 g/mol. The molecule has 1 saturated heterocycles. The van der Waals surface area contributed by atoms with Crippen molar-refractivity contribution in [2.24, 2.45) is 0 Å². The van der Waals surface area contributed by atoms with E-state index in [1.807, 2.05) is 22.6 Å². The molecule has 3 N–H and O–H groups in total. The van der Waals surface area contributed by atoms with Gasteiger partial charge in [0, 0.05) is 22.7 Å². The third kappa shape index (κ3) is 5.61. The van der Waals surface area contributed by atoms with E-state index in [9.17, 15) is 14.0 Å². The Morgan fingerprint density at radius 3 is 2.68 bits per heavy atom. The number of carbonyl (C=O) groups is 2. The quantitative estimate of drug-likeness (QED) is 0.422. The van der Waals surface area contributed by atoms with Crippen molar-refractivity contribution in [2.45, 2.75) is 19.3 Å². The number of anilines is 2. The molecule has 28 heavy (non-hydrogen) atoms. The Hall–Kier alpha value is -2.27. The average molecular weight is 497 g/mol. The van der Waals surface area contributed by atoms with E-state index in [-0.39, 0.29) is 17.2 Å². The lowest BCUT2D eigenvalue weighted by Crippen LogP contribution is -2.42. The van der Waals surface area contributed by atoms with Gasteiger partial charge in [0.05, 0.1) is 23.1 Å². The lowest BCUT2D eigenvalue weighted by molar-refractivity contribution is -0.122. The van der Waals surface area contributed by atoms with Gasteiger partial charge in [-0.15, -0.1) is 0 Å². The van der Waals surface area contributed by atoms with Crippen molar-refractivity contribution in [3.05, 3.63) is 51.6 Å². The molecule has 0 spiro atoms. The SMILES string of the molecule is O=C(CCN1CCCC1)NNC(=O)c1ccncc1Nc1ccc(I)cc1F. The fourth-order valence-corrected chi connectivity index (χ4v) is 3.40. The highest BCUT2D eigenvalue weighted by Gasteiger charge is 2.16. The summed E-state index contributed by atoms with van der Waals surface area (Å²) in [5.41, 5.74) is 5.65. The number of hydrazine groups is 1. The predicted octanol–water partition coefficient (Wildman–Crippen LogP) is 2.82. The van der Waals surface area contributed by atoms with Gasteiger partial charge in [-0.25, -0.2) is 4.39 Å². The molecule has 1 aromatic heterocycles. The Kier molecular flexibility index (Phi) is 7.15. The molecule has 7 nitrogen and oxygen atoms in total. The largest absolute Gasteiger partial charge is 0.351 e. The summed E-state index contributed by atoms with van der Waals surface area (Å²) in [4.78, 5) is 30.6. The van der Waals surface area contributed by atoms with Crippen molar-refractivity contribution in [2.75, 3.05) is 25.0 Å². The third-order valence-electron chi connectivity index (χ3n) is 4.44. The maximum Gasteiger partial charge on any atom is 0.271 e. The van der Waals surface area contributed by atoms with Crippen LogP contribution in [0.4, 0.5) is 15.8 Å². The van der Waals surface area contributed by atoms with E-state index in [1.54, 1.807) is 12.1 Å². The van der Waals surface area contributed by atoms with E-state index in [0.29, 0.717) is 18.7 Å². The molecule has 1 aromatic carbocycles. The highest BCUT2D eigenvalue weighted by molar-refractivity contribution is 14.1. The van der Waals surface area contributed by atoms with Crippen LogP contribution in [-0.2, 0) is 4.79 Å². The Morgan fingerprint density at radius 1 is 1.14 bits per heavy atom. The van der Waals surface area contributed by atoms with E-state index >= 15 is 0 Å². The summed E-state index contributed by atoms with van der Waals surface area (Å²) in [6.45, 7) is 2.71. The topological polar surface area (TPSA) is 86.4 Å². The second-order valence-electron chi connectivity index (χ2n) is 6.47. The lowest BCUT2D eigenvalue weighted by atomic mass is 10.2. The molecule has 2 aromatic rings. The fourth-order valence-electron chi connectivity index (χ4n) is 2.95. The molecule has 0 radical (unpaired) electrons. The molecule has 0 bridgehead atoms. The van der Waals surface area contributed by atoms with Crippen molar-refractivity contribution in [1.82, 2.24) is 20.7 Å². The van der Waals surface area contributed by atoms with E-state index in [2.05, 4.69) is 26.1 Å². The average Bonchev–Trinajstić information content (AvgIpc) is 3.21. The van der Waals surface area contributed by atoms with Crippen LogP contribution >= 0.6 is 22.6 Å². The van der Waals surface area contributed by atoms with Crippen LogP contribution in [0.2, 0.25) is 0 Å². The third-order valence-corrected chi connectivity index (χ3v) is 5.11. The maximum absolute atomic E-state index is 14.1. The van der Waals surface area contributed by atoms with Gasteiger partial charge < -0.3 is 10.2 Å². The second kappa shape index (κ2) is 9.78. The van der Waals surface area contributed by atoms with E-state index in [1.165, 1.54) is 24.5 Å². The molecule has 3 rings (SSSR count). The number of pyridine rings is 1. The van der Waals surface area contributed by atoms with Crippen molar-refractivity contribution in [1.29, 1.82) is 0 Å². The summed E-state index contributed by atoms with van der Waals surface area (Å²) < 4.78 is 14.9. The minimum Gasteiger partial charge on any atom is -0.351 e. The van der Waals surface area contributed by atoms with Crippen LogP contribution in [-0.4, -0.2) is 41.3 Å². The number of aromatic nitrogens is 1. The predicted molar refractivity (Wildman–Crippen MR) is 113 cm³/mol. The van der Waals surface area contributed by atoms with Crippen LogP contribution in [0.1, 0.15) is 29.6 Å². The Bertz CT molecular complexity index is 858. The van der Waals surface area contributed by atoms with Gasteiger partial charge in [-0.2, -0.15) is 0 Å². The molecule has 0 aliphatic carbocycles.